The summed E-state index contributed by atoms with van der Waals surface area (Å²) in [6, 6.07) is 5.10. The molecule has 1 aromatic carbocycles. The van der Waals surface area contributed by atoms with Crippen molar-refractivity contribution in [3.8, 4) is 0 Å². The summed E-state index contributed by atoms with van der Waals surface area (Å²) >= 11 is 0. The first kappa shape index (κ1) is 13.3. The molecular formula is C12H18FNOS. The monoisotopic (exact) mass is 243 g/mol. The minimum absolute atomic E-state index is 0.169. The van der Waals surface area contributed by atoms with Gasteiger partial charge in [0.15, 0.2) is 0 Å². The molecule has 90 valence electrons. The predicted octanol–water partition coefficient (Wildman–Crippen LogP) is 1.99. The van der Waals surface area contributed by atoms with Crippen LogP contribution in [0.2, 0.25) is 0 Å². The third-order valence-corrected chi connectivity index (χ3v) is 3.17. The van der Waals surface area contributed by atoms with E-state index in [-0.39, 0.29) is 5.82 Å². The van der Waals surface area contributed by atoms with Gasteiger partial charge in [0.1, 0.15) is 5.82 Å². The summed E-state index contributed by atoms with van der Waals surface area (Å²) in [5.41, 5.74) is 1.76. The first-order chi connectivity index (χ1) is 7.59. The quantitative estimate of drug-likeness (QED) is 0.774. The molecule has 2 nitrogen and oxygen atoms in total. The molecule has 0 heterocycles. The molecule has 1 atom stereocenters. The van der Waals surface area contributed by atoms with Crippen LogP contribution in [0.15, 0.2) is 18.2 Å². The second-order valence-corrected chi connectivity index (χ2v) is 5.46. The van der Waals surface area contributed by atoms with Crippen molar-refractivity contribution in [2.24, 2.45) is 0 Å². The number of halogens is 1. The lowest BCUT2D eigenvalue weighted by molar-refractivity contribution is 0.586. The van der Waals surface area contributed by atoms with Gasteiger partial charge in [-0.25, -0.2) is 4.39 Å². The van der Waals surface area contributed by atoms with Crippen molar-refractivity contribution in [2.75, 3.05) is 18.6 Å². The van der Waals surface area contributed by atoms with Crippen LogP contribution >= 0.6 is 0 Å². The van der Waals surface area contributed by atoms with Gasteiger partial charge in [-0.1, -0.05) is 17.7 Å². The van der Waals surface area contributed by atoms with Crippen LogP contribution in [0.5, 0.6) is 0 Å². The number of hydrogen-bond donors (Lipinski definition) is 1. The third kappa shape index (κ3) is 4.86. The lowest BCUT2D eigenvalue weighted by Crippen LogP contribution is -2.17. The summed E-state index contributed by atoms with van der Waals surface area (Å²) < 4.78 is 24.1. The van der Waals surface area contributed by atoms with Crippen molar-refractivity contribution in [3.05, 3.63) is 35.1 Å². The Morgan fingerprint density at radius 1 is 1.44 bits per heavy atom. The summed E-state index contributed by atoms with van der Waals surface area (Å²) in [5, 5.41) is 3.15. The Kier molecular flexibility index (Phi) is 5.63. The maximum absolute atomic E-state index is 13.3. The second-order valence-electron chi connectivity index (χ2n) is 3.90. The summed E-state index contributed by atoms with van der Waals surface area (Å²) in [6.07, 6.45) is 2.55. The average molecular weight is 243 g/mol. The van der Waals surface area contributed by atoms with Gasteiger partial charge in [0.05, 0.1) is 0 Å². The van der Waals surface area contributed by atoms with Crippen molar-refractivity contribution in [1.82, 2.24) is 5.32 Å². The van der Waals surface area contributed by atoms with Crippen LogP contribution in [0.25, 0.3) is 0 Å². The molecule has 0 bridgehead atoms. The van der Waals surface area contributed by atoms with Crippen molar-refractivity contribution in [3.63, 3.8) is 0 Å². The Morgan fingerprint density at radius 2 is 2.19 bits per heavy atom. The van der Waals surface area contributed by atoms with Crippen molar-refractivity contribution in [1.29, 1.82) is 0 Å². The lowest BCUT2D eigenvalue weighted by Gasteiger charge is -2.06. The van der Waals surface area contributed by atoms with E-state index in [9.17, 15) is 8.60 Å². The standard InChI is InChI=1S/C12H18FNOS/c1-10-4-5-12(13)11(8-10)9-14-6-3-7-16(2)15/h4-5,8,14H,3,6-7,9H2,1-2H3. The van der Waals surface area contributed by atoms with Crippen LogP contribution in [-0.2, 0) is 17.3 Å². The molecule has 0 aromatic heterocycles. The largest absolute Gasteiger partial charge is 0.313 e. The molecule has 0 saturated carbocycles. The molecule has 16 heavy (non-hydrogen) atoms. The van der Waals surface area contributed by atoms with E-state index in [1.807, 2.05) is 13.0 Å². The van der Waals surface area contributed by atoms with Gasteiger partial charge in [-0.15, -0.1) is 0 Å². The van der Waals surface area contributed by atoms with Gasteiger partial charge >= 0.3 is 0 Å². The normalized spacial score (nSPS) is 12.7. The molecule has 0 aliphatic carbocycles. The van der Waals surface area contributed by atoms with E-state index in [1.165, 1.54) is 6.07 Å². The average Bonchev–Trinajstić information content (AvgIpc) is 2.22. The van der Waals surface area contributed by atoms with Crippen LogP contribution in [0.1, 0.15) is 17.5 Å². The van der Waals surface area contributed by atoms with Crippen LogP contribution in [0.4, 0.5) is 4.39 Å². The molecule has 0 spiro atoms. The first-order valence-corrected chi connectivity index (χ1v) is 7.08. The zero-order valence-corrected chi connectivity index (χ0v) is 10.6. The number of aryl methyl sites for hydroxylation is 1. The number of benzene rings is 1. The zero-order valence-electron chi connectivity index (χ0n) is 9.75. The molecule has 1 aromatic rings. The lowest BCUT2D eigenvalue weighted by atomic mass is 10.1. The fourth-order valence-corrected chi connectivity index (χ4v) is 2.01. The Hall–Kier alpha value is -0.740. The summed E-state index contributed by atoms with van der Waals surface area (Å²) in [6.45, 7) is 3.25. The van der Waals surface area contributed by atoms with Crippen LogP contribution in [-0.4, -0.2) is 22.8 Å². The highest BCUT2D eigenvalue weighted by molar-refractivity contribution is 7.84. The van der Waals surface area contributed by atoms with Crippen LogP contribution < -0.4 is 5.32 Å². The third-order valence-electron chi connectivity index (χ3n) is 2.30. The molecule has 0 aliphatic heterocycles. The van der Waals surface area contributed by atoms with Crippen LogP contribution in [0.3, 0.4) is 0 Å². The van der Waals surface area contributed by atoms with Gasteiger partial charge < -0.3 is 5.32 Å². The highest BCUT2D eigenvalue weighted by atomic mass is 32.2. The number of rotatable bonds is 6. The fraction of sp³-hybridized carbons (Fsp3) is 0.500. The highest BCUT2D eigenvalue weighted by Crippen LogP contribution is 2.09. The molecule has 4 heteroatoms. The molecule has 1 unspecified atom stereocenters. The Labute approximate surface area is 98.7 Å². The van der Waals surface area contributed by atoms with Crippen molar-refractivity contribution in [2.45, 2.75) is 19.9 Å². The predicted molar refractivity (Wildman–Crippen MR) is 66.4 cm³/mol. The van der Waals surface area contributed by atoms with E-state index in [2.05, 4.69) is 5.32 Å². The van der Waals surface area contributed by atoms with E-state index in [0.717, 1.165) is 18.5 Å². The van der Waals surface area contributed by atoms with Crippen molar-refractivity contribution < 1.29 is 8.60 Å². The Bertz CT molecular complexity index is 368. The van der Waals surface area contributed by atoms with E-state index in [0.29, 0.717) is 17.9 Å². The van der Waals surface area contributed by atoms with Gasteiger partial charge in [0.25, 0.3) is 0 Å². The topological polar surface area (TPSA) is 29.1 Å². The first-order valence-electron chi connectivity index (χ1n) is 5.35. The van der Waals surface area contributed by atoms with Gasteiger partial charge in [-0.2, -0.15) is 0 Å². The van der Waals surface area contributed by atoms with Gasteiger partial charge in [0, 0.05) is 34.9 Å². The molecule has 0 aliphatic rings. The summed E-state index contributed by atoms with van der Waals surface area (Å²) in [7, 11) is -0.736. The SMILES string of the molecule is Cc1ccc(F)c(CNCCCS(C)=O)c1. The molecule has 0 saturated heterocycles. The van der Waals surface area contributed by atoms with E-state index >= 15 is 0 Å². The molecule has 0 amide bonds. The molecular weight excluding hydrogens is 225 g/mol. The minimum atomic E-state index is -0.736. The van der Waals surface area contributed by atoms with Gasteiger partial charge in [-0.3, -0.25) is 4.21 Å². The highest BCUT2D eigenvalue weighted by Gasteiger charge is 2.01. The van der Waals surface area contributed by atoms with Crippen molar-refractivity contribution >= 4 is 10.8 Å². The summed E-state index contributed by atoms with van der Waals surface area (Å²) in [5.74, 6) is 0.528. The Morgan fingerprint density at radius 3 is 2.88 bits per heavy atom. The maximum atomic E-state index is 13.3. The summed E-state index contributed by atoms with van der Waals surface area (Å²) in [4.78, 5) is 0. The molecule has 1 rings (SSSR count). The smallest absolute Gasteiger partial charge is 0.127 e. The Balaban J connectivity index is 2.31. The zero-order chi connectivity index (χ0) is 12.0. The molecule has 1 N–H and O–H groups in total. The second kappa shape index (κ2) is 6.76. The number of hydrogen-bond acceptors (Lipinski definition) is 2. The molecule has 0 fully saturated rings. The minimum Gasteiger partial charge on any atom is -0.313 e. The van der Waals surface area contributed by atoms with E-state index in [1.54, 1.807) is 12.3 Å². The van der Waals surface area contributed by atoms with E-state index < -0.39 is 10.8 Å². The van der Waals surface area contributed by atoms with E-state index in [4.69, 9.17) is 0 Å². The van der Waals surface area contributed by atoms with Crippen LogP contribution in [0, 0.1) is 12.7 Å². The number of nitrogens with one attached hydrogen (secondary N) is 1. The molecule has 0 radical (unpaired) electrons. The maximum Gasteiger partial charge on any atom is 0.127 e. The van der Waals surface area contributed by atoms with Gasteiger partial charge in [-0.05, 0) is 26.0 Å². The fourth-order valence-electron chi connectivity index (χ4n) is 1.46. The van der Waals surface area contributed by atoms with Gasteiger partial charge in [0.2, 0.25) is 0 Å².